The highest BCUT2D eigenvalue weighted by Crippen LogP contribution is 2.22. The van der Waals surface area contributed by atoms with Gasteiger partial charge in [0.15, 0.2) is 0 Å². The predicted molar refractivity (Wildman–Crippen MR) is 48.9 cm³/mol. The van der Waals surface area contributed by atoms with Crippen LogP contribution in [-0.2, 0) is 19.4 Å². The fourth-order valence-electron chi connectivity index (χ4n) is 1.83. The Morgan fingerprint density at radius 3 is 3.08 bits per heavy atom. The zero-order valence-electron chi connectivity index (χ0n) is 7.43. The largest absolute Gasteiger partial charge is 0.326 e. The summed E-state index contributed by atoms with van der Waals surface area (Å²) in [7, 11) is 0. The topological polar surface area (TPSA) is 38.9 Å². The van der Waals surface area contributed by atoms with Crippen LogP contribution in [0.2, 0.25) is 0 Å². The van der Waals surface area contributed by atoms with E-state index in [9.17, 15) is 0 Å². The van der Waals surface area contributed by atoms with Gasteiger partial charge in [0, 0.05) is 17.9 Å². The number of rotatable bonds is 1. The first-order valence-electron chi connectivity index (χ1n) is 4.49. The molecule has 1 aromatic rings. The zero-order valence-corrected chi connectivity index (χ0v) is 7.43. The van der Waals surface area contributed by atoms with Crippen molar-refractivity contribution in [1.29, 1.82) is 0 Å². The minimum absolute atomic E-state index is 0.617. The van der Waals surface area contributed by atoms with E-state index in [4.69, 9.17) is 5.73 Å². The second-order valence-corrected chi connectivity index (χ2v) is 3.40. The van der Waals surface area contributed by atoms with Crippen LogP contribution in [0.4, 0.5) is 0 Å². The van der Waals surface area contributed by atoms with Gasteiger partial charge < -0.3 is 5.73 Å². The third kappa shape index (κ3) is 1.12. The molecular weight excluding hydrogens is 148 g/mol. The van der Waals surface area contributed by atoms with Crippen LogP contribution in [-0.4, -0.2) is 4.98 Å². The second-order valence-electron chi connectivity index (χ2n) is 3.40. The third-order valence-corrected chi connectivity index (χ3v) is 2.57. The lowest BCUT2D eigenvalue weighted by Crippen LogP contribution is -2.03. The quantitative estimate of drug-likeness (QED) is 0.676. The van der Waals surface area contributed by atoms with Gasteiger partial charge in [-0.25, -0.2) is 0 Å². The number of hydrogen-bond donors (Lipinski definition) is 1. The molecule has 2 N–H and O–H groups in total. The Labute approximate surface area is 72.8 Å². The van der Waals surface area contributed by atoms with Crippen LogP contribution >= 0.6 is 0 Å². The minimum Gasteiger partial charge on any atom is -0.326 e. The van der Waals surface area contributed by atoms with Gasteiger partial charge in [0.05, 0.1) is 0 Å². The van der Waals surface area contributed by atoms with E-state index in [2.05, 4.69) is 11.1 Å². The lowest BCUT2D eigenvalue weighted by Gasteiger charge is -2.05. The summed E-state index contributed by atoms with van der Waals surface area (Å²) in [5, 5.41) is 0. The van der Waals surface area contributed by atoms with Gasteiger partial charge in [-0.05, 0) is 37.3 Å². The maximum absolute atomic E-state index is 5.60. The standard InChI is InChI=1S/C10H14N2/c1-7-9(6-11)5-8-3-2-4-10(8)12-7/h5H,2-4,6,11H2,1H3. The number of hydrogen-bond acceptors (Lipinski definition) is 2. The predicted octanol–water partition coefficient (Wildman–Crippen LogP) is 1.34. The van der Waals surface area contributed by atoms with Crippen LogP contribution in [0.3, 0.4) is 0 Å². The molecule has 0 saturated carbocycles. The molecule has 0 saturated heterocycles. The minimum atomic E-state index is 0.617. The molecule has 0 fully saturated rings. The van der Waals surface area contributed by atoms with Crippen molar-refractivity contribution in [2.24, 2.45) is 5.73 Å². The van der Waals surface area contributed by atoms with Gasteiger partial charge in [0.2, 0.25) is 0 Å². The van der Waals surface area contributed by atoms with Gasteiger partial charge in [0.25, 0.3) is 0 Å². The van der Waals surface area contributed by atoms with Crippen molar-refractivity contribution in [2.45, 2.75) is 32.7 Å². The number of nitrogens with two attached hydrogens (primary N) is 1. The van der Waals surface area contributed by atoms with Crippen molar-refractivity contribution in [3.63, 3.8) is 0 Å². The molecule has 0 bridgehead atoms. The summed E-state index contributed by atoms with van der Waals surface area (Å²) in [6.45, 7) is 2.66. The van der Waals surface area contributed by atoms with E-state index >= 15 is 0 Å². The smallest absolute Gasteiger partial charge is 0.0439 e. The summed E-state index contributed by atoms with van der Waals surface area (Å²) >= 11 is 0. The highest BCUT2D eigenvalue weighted by atomic mass is 14.7. The third-order valence-electron chi connectivity index (χ3n) is 2.57. The maximum Gasteiger partial charge on any atom is 0.0439 e. The van der Waals surface area contributed by atoms with Crippen LogP contribution in [0, 0.1) is 6.92 Å². The molecule has 1 aliphatic rings. The lowest BCUT2D eigenvalue weighted by atomic mass is 10.1. The Morgan fingerprint density at radius 1 is 1.50 bits per heavy atom. The van der Waals surface area contributed by atoms with E-state index < -0.39 is 0 Å². The van der Waals surface area contributed by atoms with E-state index in [0.717, 1.165) is 12.1 Å². The Bertz CT molecular complexity index is 304. The Morgan fingerprint density at radius 2 is 2.33 bits per heavy atom. The van der Waals surface area contributed by atoms with Crippen molar-refractivity contribution in [3.8, 4) is 0 Å². The van der Waals surface area contributed by atoms with Gasteiger partial charge in [-0.3, -0.25) is 4.98 Å². The molecule has 0 radical (unpaired) electrons. The number of fused-ring (bicyclic) bond motifs is 1. The maximum atomic E-state index is 5.60. The molecule has 0 spiro atoms. The normalized spacial score (nSPS) is 14.8. The Balaban J connectivity index is 2.49. The van der Waals surface area contributed by atoms with E-state index in [1.165, 1.54) is 29.7 Å². The van der Waals surface area contributed by atoms with Crippen LogP contribution in [0.25, 0.3) is 0 Å². The summed E-state index contributed by atoms with van der Waals surface area (Å²) < 4.78 is 0. The Kier molecular flexibility index (Phi) is 1.85. The first-order valence-corrected chi connectivity index (χ1v) is 4.49. The molecule has 0 amide bonds. The zero-order chi connectivity index (χ0) is 8.55. The van der Waals surface area contributed by atoms with Crippen LogP contribution in [0.15, 0.2) is 6.07 Å². The summed E-state index contributed by atoms with van der Waals surface area (Å²) in [6, 6.07) is 2.23. The highest BCUT2D eigenvalue weighted by Gasteiger charge is 2.13. The fourth-order valence-corrected chi connectivity index (χ4v) is 1.83. The average Bonchev–Trinajstić information content (AvgIpc) is 2.49. The monoisotopic (exact) mass is 162 g/mol. The van der Waals surface area contributed by atoms with Crippen molar-refractivity contribution < 1.29 is 0 Å². The van der Waals surface area contributed by atoms with Gasteiger partial charge in [-0.1, -0.05) is 6.07 Å². The molecule has 1 heterocycles. The molecule has 0 unspecified atom stereocenters. The van der Waals surface area contributed by atoms with E-state index in [0.29, 0.717) is 6.54 Å². The first-order chi connectivity index (χ1) is 5.81. The van der Waals surface area contributed by atoms with E-state index in [1.54, 1.807) is 0 Å². The molecule has 2 rings (SSSR count). The molecule has 2 heteroatoms. The van der Waals surface area contributed by atoms with Crippen molar-refractivity contribution in [2.75, 3.05) is 0 Å². The van der Waals surface area contributed by atoms with Gasteiger partial charge in [-0.2, -0.15) is 0 Å². The summed E-state index contributed by atoms with van der Waals surface area (Å²) in [6.07, 6.45) is 3.60. The van der Waals surface area contributed by atoms with Crippen molar-refractivity contribution in [3.05, 3.63) is 28.6 Å². The highest BCUT2D eigenvalue weighted by molar-refractivity contribution is 5.32. The number of aromatic nitrogens is 1. The number of pyridine rings is 1. The van der Waals surface area contributed by atoms with E-state index in [-0.39, 0.29) is 0 Å². The Hall–Kier alpha value is -0.890. The fraction of sp³-hybridized carbons (Fsp3) is 0.500. The molecule has 12 heavy (non-hydrogen) atoms. The average molecular weight is 162 g/mol. The molecule has 1 aromatic heterocycles. The van der Waals surface area contributed by atoms with Crippen molar-refractivity contribution in [1.82, 2.24) is 4.98 Å². The van der Waals surface area contributed by atoms with Crippen LogP contribution in [0.5, 0.6) is 0 Å². The second kappa shape index (κ2) is 2.87. The van der Waals surface area contributed by atoms with Crippen LogP contribution < -0.4 is 5.73 Å². The molecular formula is C10H14N2. The number of aryl methyl sites for hydroxylation is 3. The van der Waals surface area contributed by atoms with Crippen molar-refractivity contribution >= 4 is 0 Å². The van der Waals surface area contributed by atoms with Gasteiger partial charge >= 0.3 is 0 Å². The summed E-state index contributed by atoms with van der Waals surface area (Å²) in [5.74, 6) is 0. The molecule has 0 atom stereocenters. The molecule has 0 aromatic carbocycles. The molecule has 2 nitrogen and oxygen atoms in total. The van der Waals surface area contributed by atoms with E-state index in [1.807, 2.05) is 6.92 Å². The molecule has 1 aliphatic carbocycles. The summed E-state index contributed by atoms with van der Waals surface area (Å²) in [5.41, 5.74) is 10.6. The first kappa shape index (κ1) is 7.74. The number of nitrogens with zero attached hydrogens (tertiary/aromatic N) is 1. The van der Waals surface area contributed by atoms with Gasteiger partial charge in [0.1, 0.15) is 0 Å². The SMILES string of the molecule is Cc1nc2c(cc1CN)CCC2. The summed E-state index contributed by atoms with van der Waals surface area (Å²) in [4.78, 5) is 4.54. The lowest BCUT2D eigenvalue weighted by molar-refractivity contribution is 0.895. The molecule has 0 aliphatic heterocycles. The van der Waals surface area contributed by atoms with Gasteiger partial charge in [-0.15, -0.1) is 0 Å². The van der Waals surface area contributed by atoms with Crippen LogP contribution in [0.1, 0.15) is 28.9 Å². The molecule has 64 valence electrons.